The van der Waals surface area contributed by atoms with E-state index in [2.05, 4.69) is 5.32 Å². The second-order valence-corrected chi connectivity index (χ2v) is 7.48. The lowest BCUT2D eigenvalue weighted by Crippen LogP contribution is -2.36. The molecule has 4 amide bonds. The summed E-state index contributed by atoms with van der Waals surface area (Å²) < 4.78 is 4.80. The number of nitrogens with one attached hydrogen (secondary N) is 1. The number of carbonyl (C=O) groups is 5. The largest absolute Gasteiger partial charge is 0.454 e. The van der Waals surface area contributed by atoms with Crippen LogP contribution in [0.5, 0.6) is 0 Å². The third-order valence-corrected chi connectivity index (χ3v) is 5.40. The van der Waals surface area contributed by atoms with E-state index in [4.69, 9.17) is 33.7 Å². The van der Waals surface area contributed by atoms with Gasteiger partial charge in [0.15, 0.2) is 6.61 Å². The van der Waals surface area contributed by atoms with E-state index < -0.39 is 42.7 Å². The Morgan fingerprint density at radius 1 is 1.10 bits per heavy atom. The second kappa shape index (κ2) is 8.19. The van der Waals surface area contributed by atoms with Crippen LogP contribution >= 0.6 is 34.5 Å². The van der Waals surface area contributed by atoms with E-state index in [0.717, 1.165) is 11.3 Å². The first-order valence-electron chi connectivity index (χ1n) is 7.87. The van der Waals surface area contributed by atoms with Crippen LogP contribution in [-0.4, -0.2) is 47.6 Å². The summed E-state index contributed by atoms with van der Waals surface area (Å²) in [6, 6.07) is 3.93. The number of hydrogen-bond donors (Lipinski definition) is 2. The third kappa shape index (κ3) is 4.24. The Morgan fingerprint density at radius 3 is 2.24 bits per heavy atom. The van der Waals surface area contributed by atoms with Gasteiger partial charge in [-0.25, -0.2) is 0 Å². The minimum Gasteiger partial charge on any atom is -0.454 e. The maximum absolute atomic E-state index is 12.3. The van der Waals surface area contributed by atoms with Crippen molar-refractivity contribution in [1.29, 1.82) is 0 Å². The number of ether oxygens (including phenoxy) is 1. The van der Waals surface area contributed by atoms with Gasteiger partial charge in [0.1, 0.15) is 11.5 Å². The standard InChI is InChI=1S/C17H11Cl2N3O6S/c18-10-3-8-9(4-11(10)19)17(27)22(16(8)26)5-13(24)28-6-12(23)21-15-7(14(20)25)1-2-29-15/h1-4H,5-6H2,(H2,20,25)(H,21,23). The molecule has 0 atom stereocenters. The smallest absolute Gasteiger partial charge is 0.326 e. The molecule has 12 heteroatoms. The van der Waals surface area contributed by atoms with Crippen molar-refractivity contribution in [2.24, 2.45) is 5.73 Å². The van der Waals surface area contributed by atoms with Crippen LogP contribution in [0.2, 0.25) is 10.0 Å². The maximum Gasteiger partial charge on any atom is 0.326 e. The summed E-state index contributed by atoms with van der Waals surface area (Å²) in [6.07, 6.45) is 0. The molecule has 2 heterocycles. The van der Waals surface area contributed by atoms with Crippen molar-refractivity contribution >= 4 is 69.1 Å². The van der Waals surface area contributed by atoms with Gasteiger partial charge in [-0.3, -0.25) is 28.9 Å². The van der Waals surface area contributed by atoms with E-state index in [1.54, 1.807) is 5.38 Å². The number of benzene rings is 1. The fraction of sp³-hybridized carbons (Fsp3) is 0.118. The highest BCUT2D eigenvalue weighted by Gasteiger charge is 2.37. The van der Waals surface area contributed by atoms with Crippen LogP contribution in [0.25, 0.3) is 0 Å². The van der Waals surface area contributed by atoms with Gasteiger partial charge in [-0.2, -0.15) is 0 Å². The van der Waals surface area contributed by atoms with E-state index in [-0.39, 0.29) is 31.7 Å². The summed E-state index contributed by atoms with van der Waals surface area (Å²) >= 11 is 12.8. The highest BCUT2D eigenvalue weighted by Crippen LogP contribution is 2.31. The lowest BCUT2D eigenvalue weighted by Gasteiger charge is -2.13. The number of anilines is 1. The van der Waals surface area contributed by atoms with E-state index >= 15 is 0 Å². The topological polar surface area (TPSA) is 136 Å². The van der Waals surface area contributed by atoms with Crippen LogP contribution in [0, 0.1) is 0 Å². The lowest BCUT2D eigenvalue weighted by atomic mass is 10.1. The number of hydrogen-bond acceptors (Lipinski definition) is 7. The van der Waals surface area contributed by atoms with Crippen molar-refractivity contribution in [3.63, 3.8) is 0 Å². The van der Waals surface area contributed by atoms with E-state index in [9.17, 15) is 24.0 Å². The van der Waals surface area contributed by atoms with Gasteiger partial charge in [-0.1, -0.05) is 23.2 Å². The Hall–Kier alpha value is -2.95. The SMILES string of the molecule is NC(=O)c1ccsc1NC(=O)COC(=O)CN1C(=O)c2cc(Cl)c(Cl)cc2C1=O. The summed E-state index contributed by atoms with van der Waals surface area (Å²) in [5.41, 5.74) is 5.34. The molecule has 1 aliphatic rings. The normalized spacial score (nSPS) is 12.7. The van der Waals surface area contributed by atoms with Gasteiger partial charge >= 0.3 is 5.97 Å². The van der Waals surface area contributed by atoms with Crippen molar-refractivity contribution in [2.45, 2.75) is 0 Å². The number of esters is 1. The Bertz CT molecular complexity index is 1030. The number of thiophene rings is 1. The summed E-state index contributed by atoms with van der Waals surface area (Å²) in [5.74, 6) is -3.87. The van der Waals surface area contributed by atoms with Gasteiger partial charge in [0.2, 0.25) is 0 Å². The van der Waals surface area contributed by atoms with Crippen LogP contribution in [0.1, 0.15) is 31.1 Å². The highest BCUT2D eigenvalue weighted by atomic mass is 35.5. The number of carbonyl (C=O) groups excluding carboxylic acids is 5. The Morgan fingerprint density at radius 2 is 1.69 bits per heavy atom. The van der Waals surface area contributed by atoms with Crippen molar-refractivity contribution in [3.05, 3.63) is 50.3 Å². The van der Waals surface area contributed by atoms with Crippen LogP contribution < -0.4 is 11.1 Å². The average Bonchev–Trinajstić information content (AvgIpc) is 3.20. The van der Waals surface area contributed by atoms with Crippen molar-refractivity contribution in [3.8, 4) is 0 Å². The van der Waals surface area contributed by atoms with E-state index in [1.165, 1.54) is 18.2 Å². The van der Waals surface area contributed by atoms with Gasteiger partial charge < -0.3 is 15.8 Å². The van der Waals surface area contributed by atoms with Crippen molar-refractivity contribution in [2.75, 3.05) is 18.5 Å². The first kappa shape index (κ1) is 20.8. The quantitative estimate of drug-likeness (QED) is 0.504. The number of fused-ring (bicyclic) bond motifs is 1. The van der Waals surface area contributed by atoms with Crippen molar-refractivity contribution in [1.82, 2.24) is 4.90 Å². The van der Waals surface area contributed by atoms with Gasteiger partial charge in [-0.15, -0.1) is 11.3 Å². The predicted molar refractivity (Wildman–Crippen MR) is 104 cm³/mol. The van der Waals surface area contributed by atoms with Crippen LogP contribution in [0.4, 0.5) is 5.00 Å². The summed E-state index contributed by atoms with van der Waals surface area (Å²) in [4.78, 5) is 60.4. The molecule has 0 saturated carbocycles. The van der Waals surface area contributed by atoms with Gasteiger partial charge in [0, 0.05) is 0 Å². The van der Waals surface area contributed by atoms with E-state index in [0.29, 0.717) is 4.90 Å². The molecule has 150 valence electrons. The van der Waals surface area contributed by atoms with Gasteiger partial charge in [0.05, 0.1) is 26.7 Å². The Labute approximate surface area is 177 Å². The molecule has 29 heavy (non-hydrogen) atoms. The molecular formula is C17H11Cl2N3O6S. The number of nitrogens with zero attached hydrogens (tertiary/aromatic N) is 1. The molecule has 1 aromatic carbocycles. The monoisotopic (exact) mass is 455 g/mol. The zero-order valence-electron chi connectivity index (χ0n) is 14.4. The van der Waals surface area contributed by atoms with Gasteiger partial charge in [0.25, 0.3) is 23.6 Å². The minimum atomic E-state index is -0.979. The van der Waals surface area contributed by atoms with Gasteiger partial charge in [-0.05, 0) is 23.6 Å². The molecule has 3 rings (SSSR count). The van der Waals surface area contributed by atoms with Crippen LogP contribution in [-0.2, 0) is 14.3 Å². The zero-order valence-corrected chi connectivity index (χ0v) is 16.7. The molecular weight excluding hydrogens is 445 g/mol. The molecule has 9 nitrogen and oxygen atoms in total. The number of amides is 4. The fourth-order valence-corrected chi connectivity index (χ4v) is 3.65. The van der Waals surface area contributed by atoms with Crippen LogP contribution in [0.3, 0.4) is 0 Å². The molecule has 0 spiro atoms. The maximum atomic E-state index is 12.3. The van der Waals surface area contributed by atoms with E-state index in [1.807, 2.05) is 0 Å². The zero-order chi connectivity index (χ0) is 21.3. The molecule has 0 bridgehead atoms. The Kier molecular flexibility index (Phi) is 5.87. The molecule has 1 aromatic heterocycles. The lowest BCUT2D eigenvalue weighted by molar-refractivity contribution is -0.147. The minimum absolute atomic E-state index is 0.0200. The molecule has 0 fully saturated rings. The van der Waals surface area contributed by atoms with Crippen LogP contribution in [0.15, 0.2) is 23.6 Å². The fourth-order valence-electron chi connectivity index (χ4n) is 2.51. The molecule has 0 aliphatic carbocycles. The number of imide groups is 1. The van der Waals surface area contributed by atoms with Crippen molar-refractivity contribution < 1.29 is 28.7 Å². The molecule has 1 aliphatic heterocycles. The molecule has 0 saturated heterocycles. The first-order chi connectivity index (χ1) is 13.7. The number of nitrogens with two attached hydrogens (primary N) is 1. The molecule has 0 unspecified atom stereocenters. The summed E-state index contributed by atoms with van der Waals surface area (Å²) in [7, 11) is 0. The molecule has 2 aromatic rings. The number of halogens is 2. The summed E-state index contributed by atoms with van der Waals surface area (Å²) in [6.45, 7) is -1.38. The second-order valence-electron chi connectivity index (χ2n) is 5.74. The first-order valence-corrected chi connectivity index (χ1v) is 9.50. The predicted octanol–water partition coefficient (Wildman–Crippen LogP) is 1.93. The number of rotatable bonds is 6. The number of primary amides is 1. The highest BCUT2D eigenvalue weighted by molar-refractivity contribution is 7.14. The third-order valence-electron chi connectivity index (χ3n) is 3.85. The molecule has 3 N–H and O–H groups in total. The Balaban J connectivity index is 1.58. The average molecular weight is 456 g/mol. The summed E-state index contributed by atoms with van der Waals surface area (Å²) in [5, 5.41) is 4.35. The molecule has 0 radical (unpaired) electrons.